The van der Waals surface area contributed by atoms with E-state index in [0.717, 1.165) is 48.8 Å². The van der Waals surface area contributed by atoms with Crippen LogP contribution in [-0.2, 0) is 11.3 Å². The molecule has 1 N–H and O–H groups in total. The minimum atomic E-state index is 0.0609. The van der Waals surface area contributed by atoms with Crippen molar-refractivity contribution in [2.75, 3.05) is 13.1 Å². The second kappa shape index (κ2) is 8.59. The molecule has 27 heavy (non-hydrogen) atoms. The van der Waals surface area contributed by atoms with E-state index in [2.05, 4.69) is 29.8 Å². The molecule has 0 saturated carbocycles. The van der Waals surface area contributed by atoms with Crippen molar-refractivity contribution in [2.45, 2.75) is 59.0 Å². The SMILES string of the molecule is CCCC(=O)NC1CCCN(C(=O)c2cn(CC(C)C)c3ccccc23)C1. The maximum atomic E-state index is 13.3. The molecule has 146 valence electrons. The molecule has 1 fully saturated rings. The number of hydrogen-bond donors (Lipinski definition) is 1. The van der Waals surface area contributed by atoms with E-state index in [-0.39, 0.29) is 17.9 Å². The van der Waals surface area contributed by atoms with Gasteiger partial charge in [-0.1, -0.05) is 39.0 Å². The summed E-state index contributed by atoms with van der Waals surface area (Å²) in [6.45, 7) is 8.61. The van der Waals surface area contributed by atoms with Gasteiger partial charge in [0.1, 0.15) is 0 Å². The smallest absolute Gasteiger partial charge is 0.256 e. The van der Waals surface area contributed by atoms with Crippen LogP contribution in [0.4, 0.5) is 0 Å². The molecule has 1 atom stereocenters. The van der Waals surface area contributed by atoms with Gasteiger partial charge in [0.15, 0.2) is 0 Å². The first-order valence-corrected chi connectivity index (χ1v) is 10.2. The van der Waals surface area contributed by atoms with E-state index in [1.54, 1.807) is 0 Å². The Balaban J connectivity index is 1.80. The molecule has 0 bridgehead atoms. The first-order valence-electron chi connectivity index (χ1n) is 10.2. The molecule has 1 unspecified atom stereocenters. The Morgan fingerprint density at radius 1 is 1.26 bits per heavy atom. The van der Waals surface area contributed by atoms with E-state index in [0.29, 0.717) is 18.9 Å². The van der Waals surface area contributed by atoms with E-state index in [1.807, 2.05) is 36.2 Å². The molecule has 2 amide bonds. The van der Waals surface area contributed by atoms with Crippen LogP contribution in [0.1, 0.15) is 56.8 Å². The molecular formula is C22H31N3O2. The maximum Gasteiger partial charge on any atom is 0.256 e. The van der Waals surface area contributed by atoms with Crippen LogP contribution >= 0.6 is 0 Å². The van der Waals surface area contributed by atoms with E-state index < -0.39 is 0 Å². The lowest BCUT2D eigenvalue weighted by molar-refractivity contribution is -0.122. The Labute approximate surface area is 161 Å². The maximum absolute atomic E-state index is 13.3. The van der Waals surface area contributed by atoms with Gasteiger partial charge >= 0.3 is 0 Å². The molecule has 1 aliphatic rings. The van der Waals surface area contributed by atoms with Gasteiger partial charge in [-0.2, -0.15) is 0 Å². The molecule has 5 heteroatoms. The summed E-state index contributed by atoms with van der Waals surface area (Å²) in [6, 6.07) is 8.18. The van der Waals surface area contributed by atoms with Gasteiger partial charge in [0, 0.05) is 49.2 Å². The van der Waals surface area contributed by atoms with E-state index in [1.165, 1.54) is 0 Å². The predicted octanol–water partition coefficient (Wildman–Crippen LogP) is 3.82. The molecule has 3 rings (SSSR count). The van der Waals surface area contributed by atoms with Crippen molar-refractivity contribution >= 4 is 22.7 Å². The fraction of sp³-hybridized carbons (Fsp3) is 0.545. The lowest BCUT2D eigenvalue weighted by Gasteiger charge is -2.33. The normalized spacial score (nSPS) is 17.5. The monoisotopic (exact) mass is 369 g/mol. The lowest BCUT2D eigenvalue weighted by Crippen LogP contribution is -2.49. The van der Waals surface area contributed by atoms with E-state index in [9.17, 15) is 9.59 Å². The third-order valence-electron chi connectivity index (χ3n) is 5.13. The first-order chi connectivity index (χ1) is 13.0. The number of rotatable bonds is 6. The molecule has 1 aromatic heterocycles. The number of para-hydroxylation sites is 1. The quantitative estimate of drug-likeness (QED) is 0.842. The van der Waals surface area contributed by atoms with Crippen LogP contribution in [0.3, 0.4) is 0 Å². The lowest BCUT2D eigenvalue weighted by atomic mass is 10.0. The average Bonchev–Trinajstić information content (AvgIpc) is 2.99. The summed E-state index contributed by atoms with van der Waals surface area (Å²) in [5.74, 6) is 0.672. The average molecular weight is 370 g/mol. The van der Waals surface area contributed by atoms with Crippen molar-refractivity contribution in [2.24, 2.45) is 5.92 Å². The van der Waals surface area contributed by atoms with Gasteiger partial charge in [0.25, 0.3) is 5.91 Å². The molecule has 1 aromatic carbocycles. The van der Waals surface area contributed by atoms with Crippen molar-refractivity contribution in [1.82, 2.24) is 14.8 Å². The van der Waals surface area contributed by atoms with Gasteiger partial charge in [-0.15, -0.1) is 0 Å². The highest BCUT2D eigenvalue weighted by atomic mass is 16.2. The summed E-state index contributed by atoms with van der Waals surface area (Å²) in [5.41, 5.74) is 1.88. The highest BCUT2D eigenvalue weighted by Crippen LogP contribution is 2.25. The zero-order chi connectivity index (χ0) is 19.4. The highest BCUT2D eigenvalue weighted by molar-refractivity contribution is 6.07. The van der Waals surface area contributed by atoms with Crippen LogP contribution in [0, 0.1) is 5.92 Å². The van der Waals surface area contributed by atoms with Crippen LogP contribution in [-0.4, -0.2) is 40.4 Å². The van der Waals surface area contributed by atoms with Crippen LogP contribution in [0.5, 0.6) is 0 Å². The van der Waals surface area contributed by atoms with Crippen molar-refractivity contribution < 1.29 is 9.59 Å². The number of benzene rings is 1. The molecular weight excluding hydrogens is 338 g/mol. The first kappa shape index (κ1) is 19.5. The molecule has 0 aliphatic carbocycles. The van der Waals surface area contributed by atoms with Crippen molar-refractivity contribution in [1.29, 1.82) is 0 Å². The molecule has 2 heterocycles. The number of carbonyl (C=O) groups is 2. The van der Waals surface area contributed by atoms with Crippen molar-refractivity contribution in [3.8, 4) is 0 Å². The summed E-state index contributed by atoms with van der Waals surface area (Å²) in [5, 5.41) is 4.10. The van der Waals surface area contributed by atoms with E-state index in [4.69, 9.17) is 0 Å². The van der Waals surface area contributed by atoms with E-state index >= 15 is 0 Å². The van der Waals surface area contributed by atoms with Crippen LogP contribution in [0.25, 0.3) is 10.9 Å². The molecule has 0 radical (unpaired) electrons. The standard InChI is InChI=1S/C22H31N3O2/c1-4-8-21(26)23-17-9-7-12-24(14-17)22(27)19-15-25(13-16(2)3)20-11-6-5-10-18(19)20/h5-6,10-11,15-17H,4,7-9,12-14H2,1-3H3,(H,23,26). The van der Waals surface area contributed by atoms with Gasteiger partial charge in [-0.3, -0.25) is 9.59 Å². The van der Waals surface area contributed by atoms with Crippen molar-refractivity contribution in [3.63, 3.8) is 0 Å². The largest absolute Gasteiger partial charge is 0.352 e. The zero-order valence-corrected chi connectivity index (χ0v) is 16.7. The van der Waals surface area contributed by atoms with Gasteiger partial charge in [0.05, 0.1) is 5.56 Å². The molecule has 1 saturated heterocycles. The molecule has 0 spiro atoms. The third kappa shape index (κ3) is 4.52. The number of nitrogens with zero attached hydrogens (tertiary/aromatic N) is 2. The number of hydrogen-bond acceptors (Lipinski definition) is 2. The molecule has 2 aromatic rings. The number of nitrogens with one attached hydrogen (secondary N) is 1. The Morgan fingerprint density at radius 3 is 2.78 bits per heavy atom. The van der Waals surface area contributed by atoms with Gasteiger partial charge in [-0.25, -0.2) is 0 Å². The highest BCUT2D eigenvalue weighted by Gasteiger charge is 2.27. The Morgan fingerprint density at radius 2 is 2.04 bits per heavy atom. The molecule has 5 nitrogen and oxygen atoms in total. The Kier molecular flexibility index (Phi) is 6.19. The predicted molar refractivity (Wildman–Crippen MR) is 109 cm³/mol. The summed E-state index contributed by atoms with van der Waals surface area (Å²) in [4.78, 5) is 27.1. The third-order valence-corrected chi connectivity index (χ3v) is 5.13. The topological polar surface area (TPSA) is 54.3 Å². The summed E-state index contributed by atoms with van der Waals surface area (Å²) >= 11 is 0. The fourth-order valence-electron chi connectivity index (χ4n) is 3.94. The van der Waals surface area contributed by atoms with Crippen LogP contribution in [0.15, 0.2) is 30.5 Å². The number of carbonyl (C=O) groups excluding carboxylic acids is 2. The number of piperidine rings is 1. The van der Waals surface area contributed by atoms with Crippen molar-refractivity contribution in [3.05, 3.63) is 36.0 Å². The summed E-state index contributed by atoms with van der Waals surface area (Å²) in [6.07, 6.45) is 5.26. The number of amides is 2. The minimum absolute atomic E-state index is 0.0609. The minimum Gasteiger partial charge on any atom is -0.352 e. The number of fused-ring (bicyclic) bond motifs is 1. The zero-order valence-electron chi connectivity index (χ0n) is 16.7. The Hall–Kier alpha value is -2.30. The Bertz CT molecular complexity index is 809. The second-order valence-electron chi connectivity index (χ2n) is 8.01. The van der Waals surface area contributed by atoms with Gasteiger partial charge < -0.3 is 14.8 Å². The molecule has 1 aliphatic heterocycles. The number of aromatic nitrogens is 1. The second-order valence-corrected chi connectivity index (χ2v) is 8.01. The van der Waals surface area contributed by atoms with Gasteiger partial charge in [-0.05, 0) is 31.2 Å². The van der Waals surface area contributed by atoms with Crippen LogP contribution < -0.4 is 5.32 Å². The summed E-state index contributed by atoms with van der Waals surface area (Å²) in [7, 11) is 0. The summed E-state index contributed by atoms with van der Waals surface area (Å²) < 4.78 is 2.19. The number of likely N-dealkylation sites (tertiary alicyclic amines) is 1. The van der Waals surface area contributed by atoms with Crippen LogP contribution in [0.2, 0.25) is 0 Å². The van der Waals surface area contributed by atoms with Gasteiger partial charge in [0.2, 0.25) is 5.91 Å². The fourth-order valence-corrected chi connectivity index (χ4v) is 3.94.